The average molecular weight is 361 g/mol. The van der Waals surface area contributed by atoms with Crippen LogP contribution in [0.4, 0.5) is 17.2 Å². The predicted octanol–water partition coefficient (Wildman–Crippen LogP) is 4.75. The van der Waals surface area contributed by atoms with Crippen molar-refractivity contribution in [3.8, 4) is 17.2 Å². The molecule has 0 saturated heterocycles. The lowest BCUT2D eigenvalue weighted by molar-refractivity contribution is -0.111. The van der Waals surface area contributed by atoms with Crippen LogP contribution in [0.1, 0.15) is 0 Å². The van der Waals surface area contributed by atoms with Gasteiger partial charge in [0.25, 0.3) is 0 Å². The van der Waals surface area contributed by atoms with Crippen LogP contribution < -0.4 is 20.1 Å². The molecular weight excluding hydrogens is 342 g/mol. The number of para-hydroxylation sites is 4. The summed E-state index contributed by atoms with van der Waals surface area (Å²) in [5, 5.41) is 5.94. The first-order valence-corrected chi connectivity index (χ1v) is 8.26. The van der Waals surface area contributed by atoms with Crippen molar-refractivity contribution < 1.29 is 14.3 Å². The lowest BCUT2D eigenvalue weighted by Crippen LogP contribution is -2.09. The van der Waals surface area contributed by atoms with Gasteiger partial charge in [-0.25, -0.2) is 4.98 Å². The zero-order chi connectivity index (χ0) is 19.1. The van der Waals surface area contributed by atoms with Crippen LogP contribution >= 0.6 is 0 Å². The van der Waals surface area contributed by atoms with Gasteiger partial charge in [-0.3, -0.25) is 4.79 Å². The smallest absolute Gasteiger partial charge is 0.247 e. The summed E-state index contributed by atoms with van der Waals surface area (Å²) in [5.74, 6) is 2.13. The van der Waals surface area contributed by atoms with Gasteiger partial charge in [0.15, 0.2) is 11.5 Å². The van der Waals surface area contributed by atoms with Crippen molar-refractivity contribution in [3.05, 3.63) is 79.5 Å². The number of amides is 1. The Balaban J connectivity index is 1.81. The molecule has 0 aliphatic carbocycles. The number of ether oxygens (including phenoxy) is 2. The van der Waals surface area contributed by atoms with Crippen molar-refractivity contribution in [2.45, 2.75) is 0 Å². The van der Waals surface area contributed by atoms with E-state index in [4.69, 9.17) is 9.47 Å². The highest BCUT2D eigenvalue weighted by atomic mass is 16.5. The Morgan fingerprint density at radius 1 is 1.04 bits per heavy atom. The van der Waals surface area contributed by atoms with Gasteiger partial charge < -0.3 is 20.1 Å². The molecular formula is C21H19N3O3. The highest BCUT2D eigenvalue weighted by Gasteiger charge is 2.08. The number of anilines is 3. The number of hydrogen-bond acceptors (Lipinski definition) is 5. The molecule has 1 heterocycles. The summed E-state index contributed by atoms with van der Waals surface area (Å²) in [7, 11) is 1.59. The van der Waals surface area contributed by atoms with Gasteiger partial charge in [-0.2, -0.15) is 0 Å². The van der Waals surface area contributed by atoms with Gasteiger partial charge in [-0.15, -0.1) is 0 Å². The molecule has 0 radical (unpaired) electrons. The van der Waals surface area contributed by atoms with E-state index in [1.54, 1.807) is 31.5 Å². The summed E-state index contributed by atoms with van der Waals surface area (Å²) < 4.78 is 11.2. The minimum absolute atomic E-state index is 0.287. The van der Waals surface area contributed by atoms with Gasteiger partial charge in [0.05, 0.1) is 18.5 Å². The normalized spacial score (nSPS) is 9.96. The Bertz CT molecular complexity index is 957. The van der Waals surface area contributed by atoms with Crippen molar-refractivity contribution >= 4 is 23.1 Å². The van der Waals surface area contributed by atoms with E-state index >= 15 is 0 Å². The van der Waals surface area contributed by atoms with Gasteiger partial charge in [-0.1, -0.05) is 30.8 Å². The molecule has 6 heteroatoms. The van der Waals surface area contributed by atoms with E-state index in [1.807, 2.05) is 42.5 Å². The van der Waals surface area contributed by atoms with Crippen molar-refractivity contribution in [1.82, 2.24) is 4.98 Å². The molecule has 0 saturated carbocycles. The number of hydrogen-bond donors (Lipinski definition) is 2. The van der Waals surface area contributed by atoms with Crippen molar-refractivity contribution in [1.29, 1.82) is 0 Å². The second-order valence-corrected chi connectivity index (χ2v) is 5.49. The van der Waals surface area contributed by atoms with Crippen LogP contribution in [-0.4, -0.2) is 18.0 Å². The number of benzene rings is 2. The molecule has 1 aromatic heterocycles. The standard InChI is InChI=1S/C21H19N3O3/c1-3-21(25)24-17-9-5-4-8-16(17)23-20-14-15(12-13-22-20)27-19-11-7-6-10-18(19)26-2/h3-14H,1H2,2H3,(H,22,23)(H,24,25). The lowest BCUT2D eigenvalue weighted by atomic mass is 10.2. The van der Waals surface area contributed by atoms with Crippen LogP contribution in [0.3, 0.4) is 0 Å². The fourth-order valence-electron chi connectivity index (χ4n) is 2.40. The van der Waals surface area contributed by atoms with E-state index in [0.717, 1.165) is 0 Å². The van der Waals surface area contributed by atoms with E-state index in [2.05, 4.69) is 22.2 Å². The Morgan fingerprint density at radius 3 is 2.48 bits per heavy atom. The molecule has 27 heavy (non-hydrogen) atoms. The maximum atomic E-state index is 11.6. The first-order chi connectivity index (χ1) is 13.2. The summed E-state index contributed by atoms with van der Waals surface area (Å²) in [6, 6.07) is 18.2. The molecule has 0 fully saturated rings. The van der Waals surface area contributed by atoms with Crippen LogP contribution in [-0.2, 0) is 4.79 Å². The Hall–Kier alpha value is -3.80. The molecule has 0 unspecified atom stereocenters. The molecule has 0 aliphatic heterocycles. The first-order valence-electron chi connectivity index (χ1n) is 8.26. The maximum Gasteiger partial charge on any atom is 0.247 e. The Kier molecular flexibility index (Phi) is 5.69. The van der Waals surface area contributed by atoms with E-state index in [-0.39, 0.29) is 5.91 Å². The van der Waals surface area contributed by atoms with Crippen LogP contribution in [0, 0.1) is 0 Å². The molecule has 0 aliphatic rings. The minimum Gasteiger partial charge on any atom is -0.493 e. The molecule has 0 atom stereocenters. The molecule has 2 aromatic carbocycles. The first kappa shape index (κ1) is 18.0. The summed E-state index contributed by atoms with van der Waals surface area (Å²) in [4.78, 5) is 15.9. The number of rotatable bonds is 7. The Labute approximate surface area is 157 Å². The van der Waals surface area contributed by atoms with Crippen LogP contribution in [0.15, 0.2) is 79.5 Å². The predicted molar refractivity (Wildman–Crippen MR) is 106 cm³/mol. The monoisotopic (exact) mass is 361 g/mol. The lowest BCUT2D eigenvalue weighted by Gasteiger charge is -2.13. The number of nitrogens with one attached hydrogen (secondary N) is 2. The van der Waals surface area contributed by atoms with Crippen LogP contribution in [0.5, 0.6) is 17.2 Å². The second kappa shape index (κ2) is 8.53. The molecule has 3 aromatic rings. The Morgan fingerprint density at radius 2 is 1.74 bits per heavy atom. The summed E-state index contributed by atoms with van der Waals surface area (Å²) in [6.45, 7) is 3.46. The molecule has 1 amide bonds. The second-order valence-electron chi connectivity index (χ2n) is 5.49. The third-order valence-electron chi connectivity index (χ3n) is 3.66. The van der Waals surface area contributed by atoms with E-state index in [1.165, 1.54) is 6.08 Å². The van der Waals surface area contributed by atoms with Crippen molar-refractivity contribution in [3.63, 3.8) is 0 Å². The topological polar surface area (TPSA) is 72.5 Å². The highest BCUT2D eigenvalue weighted by molar-refractivity contribution is 6.01. The van der Waals surface area contributed by atoms with Gasteiger partial charge in [-0.05, 0) is 36.4 Å². The SMILES string of the molecule is C=CC(=O)Nc1ccccc1Nc1cc(Oc2ccccc2OC)ccn1. The molecule has 6 nitrogen and oxygen atoms in total. The highest BCUT2D eigenvalue weighted by Crippen LogP contribution is 2.32. The van der Waals surface area contributed by atoms with Crippen LogP contribution in [0.2, 0.25) is 0 Å². The summed E-state index contributed by atoms with van der Waals surface area (Å²) in [6.07, 6.45) is 2.86. The van der Waals surface area contributed by atoms with E-state index in [0.29, 0.717) is 34.4 Å². The van der Waals surface area contributed by atoms with Crippen LogP contribution in [0.25, 0.3) is 0 Å². The molecule has 136 valence electrons. The largest absolute Gasteiger partial charge is 0.493 e. The quantitative estimate of drug-likeness (QED) is 0.594. The minimum atomic E-state index is -0.287. The average Bonchev–Trinajstić information content (AvgIpc) is 2.70. The van der Waals surface area contributed by atoms with Crippen molar-refractivity contribution in [2.75, 3.05) is 17.7 Å². The summed E-state index contributed by atoms with van der Waals surface area (Å²) in [5.41, 5.74) is 1.33. The molecule has 2 N–H and O–H groups in total. The van der Waals surface area contributed by atoms with Crippen molar-refractivity contribution in [2.24, 2.45) is 0 Å². The number of pyridine rings is 1. The number of methoxy groups -OCH3 is 1. The van der Waals surface area contributed by atoms with Gasteiger partial charge in [0.2, 0.25) is 5.91 Å². The van der Waals surface area contributed by atoms with E-state index < -0.39 is 0 Å². The fourth-order valence-corrected chi connectivity index (χ4v) is 2.40. The number of carbonyl (C=O) groups excluding carboxylic acids is 1. The fraction of sp³-hybridized carbons (Fsp3) is 0.0476. The zero-order valence-corrected chi connectivity index (χ0v) is 14.8. The molecule has 3 rings (SSSR count). The number of aromatic nitrogens is 1. The summed E-state index contributed by atoms with van der Waals surface area (Å²) >= 11 is 0. The van der Waals surface area contributed by atoms with Gasteiger partial charge in [0, 0.05) is 12.3 Å². The number of carbonyl (C=O) groups is 1. The van der Waals surface area contributed by atoms with Gasteiger partial charge >= 0.3 is 0 Å². The molecule has 0 spiro atoms. The zero-order valence-electron chi connectivity index (χ0n) is 14.8. The maximum absolute atomic E-state index is 11.6. The third kappa shape index (κ3) is 4.64. The van der Waals surface area contributed by atoms with E-state index in [9.17, 15) is 4.79 Å². The molecule has 0 bridgehead atoms. The third-order valence-corrected chi connectivity index (χ3v) is 3.66. The van der Waals surface area contributed by atoms with Gasteiger partial charge in [0.1, 0.15) is 11.6 Å². The number of nitrogens with zero attached hydrogens (tertiary/aromatic N) is 1.